The van der Waals surface area contributed by atoms with Crippen molar-refractivity contribution < 1.29 is 5.11 Å². The molecule has 0 unspecified atom stereocenters. The van der Waals surface area contributed by atoms with Gasteiger partial charge in [0.15, 0.2) is 0 Å². The Morgan fingerprint density at radius 3 is 2.38 bits per heavy atom. The standard InChI is InChI=1S/C17H29N3O/c1-15-5-4-6-16(13-15)17(18(2)3)14-20-9-7-19(8-10-20)11-12-21/h4-6,13,17,21H,7-12,14H2,1-3H3/t17-/m0/s1. The lowest BCUT2D eigenvalue weighted by Gasteiger charge is -2.37. The second kappa shape index (κ2) is 7.90. The summed E-state index contributed by atoms with van der Waals surface area (Å²) < 4.78 is 0. The van der Waals surface area contributed by atoms with E-state index in [0.717, 1.165) is 39.3 Å². The lowest BCUT2D eigenvalue weighted by Crippen LogP contribution is -2.49. The first kappa shape index (κ1) is 16.4. The van der Waals surface area contributed by atoms with Crippen molar-refractivity contribution in [1.82, 2.24) is 14.7 Å². The molecule has 0 radical (unpaired) electrons. The normalized spacial score (nSPS) is 19.1. The number of likely N-dealkylation sites (N-methyl/N-ethyl adjacent to an activating group) is 1. The summed E-state index contributed by atoms with van der Waals surface area (Å²) in [6, 6.07) is 9.28. The van der Waals surface area contributed by atoms with Crippen molar-refractivity contribution >= 4 is 0 Å². The Morgan fingerprint density at radius 2 is 1.81 bits per heavy atom. The highest BCUT2D eigenvalue weighted by Crippen LogP contribution is 2.21. The van der Waals surface area contributed by atoms with Crippen molar-refractivity contribution in [2.45, 2.75) is 13.0 Å². The number of aliphatic hydroxyl groups excluding tert-OH is 1. The van der Waals surface area contributed by atoms with Gasteiger partial charge in [0.1, 0.15) is 0 Å². The quantitative estimate of drug-likeness (QED) is 0.853. The summed E-state index contributed by atoms with van der Waals surface area (Å²) in [5.41, 5.74) is 2.73. The van der Waals surface area contributed by atoms with Crippen molar-refractivity contribution in [2.75, 3.05) is 60.0 Å². The molecule has 0 bridgehead atoms. The van der Waals surface area contributed by atoms with E-state index in [1.165, 1.54) is 11.1 Å². The zero-order valence-electron chi connectivity index (χ0n) is 13.6. The van der Waals surface area contributed by atoms with Gasteiger partial charge in [-0.05, 0) is 26.6 Å². The van der Waals surface area contributed by atoms with Crippen molar-refractivity contribution in [1.29, 1.82) is 0 Å². The Morgan fingerprint density at radius 1 is 1.14 bits per heavy atom. The number of nitrogens with zero attached hydrogens (tertiary/aromatic N) is 3. The van der Waals surface area contributed by atoms with E-state index < -0.39 is 0 Å². The van der Waals surface area contributed by atoms with Gasteiger partial charge in [0.2, 0.25) is 0 Å². The molecule has 0 saturated carbocycles. The molecule has 2 rings (SSSR count). The molecule has 0 aromatic heterocycles. The van der Waals surface area contributed by atoms with Gasteiger partial charge in [-0.3, -0.25) is 9.80 Å². The third-order valence-electron chi connectivity index (χ3n) is 4.36. The van der Waals surface area contributed by atoms with Crippen molar-refractivity contribution in [3.8, 4) is 0 Å². The van der Waals surface area contributed by atoms with Gasteiger partial charge in [-0.15, -0.1) is 0 Å². The summed E-state index contributed by atoms with van der Waals surface area (Å²) in [5.74, 6) is 0. The fourth-order valence-electron chi connectivity index (χ4n) is 3.03. The number of piperazine rings is 1. The number of hydrogen-bond donors (Lipinski definition) is 1. The van der Waals surface area contributed by atoms with Gasteiger partial charge in [-0.1, -0.05) is 29.8 Å². The lowest BCUT2D eigenvalue weighted by molar-refractivity contribution is 0.0926. The molecule has 1 aromatic carbocycles. The molecular formula is C17H29N3O. The van der Waals surface area contributed by atoms with Gasteiger partial charge in [-0.2, -0.15) is 0 Å². The number of aliphatic hydroxyl groups is 1. The smallest absolute Gasteiger partial charge is 0.0558 e. The van der Waals surface area contributed by atoms with Gasteiger partial charge < -0.3 is 10.0 Å². The van der Waals surface area contributed by atoms with Crippen LogP contribution in [0.5, 0.6) is 0 Å². The first-order valence-corrected chi connectivity index (χ1v) is 7.88. The van der Waals surface area contributed by atoms with Crippen LogP contribution in [0.3, 0.4) is 0 Å². The summed E-state index contributed by atoms with van der Waals surface area (Å²) in [4.78, 5) is 7.20. The summed E-state index contributed by atoms with van der Waals surface area (Å²) >= 11 is 0. The minimum atomic E-state index is 0.267. The third-order valence-corrected chi connectivity index (χ3v) is 4.36. The second-order valence-corrected chi connectivity index (χ2v) is 6.26. The van der Waals surface area contributed by atoms with Gasteiger partial charge in [-0.25, -0.2) is 0 Å². The number of aryl methyl sites for hydroxylation is 1. The summed E-state index contributed by atoms with van der Waals surface area (Å²) in [6.07, 6.45) is 0. The van der Waals surface area contributed by atoms with Gasteiger partial charge in [0.25, 0.3) is 0 Å². The van der Waals surface area contributed by atoms with E-state index >= 15 is 0 Å². The topological polar surface area (TPSA) is 30.0 Å². The largest absolute Gasteiger partial charge is 0.395 e. The number of rotatable bonds is 6. The first-order valence-electron chi connectivity index (χ1n) is 7.88. The van der Waals surface area contributed by atoms with Gasteiger partial charge in [0, 0.05) is 45.3 Å². The van der Waals surface area contributed by atoms with Crippen LogP contribution in [0.4, 0.5) is 0 Å². The molecule has 118 valence electrons. The molecule has 1 heterocycles. The minimum absolute atomic E-state index is 0.267. The Balaban J connectivity index is 1.95. The van der Waals surface area contributed by atoms with E-state index in [2.05, 4.69) is 60.0 Å². The number of benzene rings is 1. The average Bonchev–Trinajstić information content (AvgIpc) is 2.46. The molecule has 1 aromatic rings. The molecule has 1 aliphatic rings. The molecule has 4 nitrogen and oxygen atoms in total. The predicted octanol–water partition coefficient (Wildman–Crippen LogP) is 1.21. The maximum absolute atomic E-state index is 9.02. The van der Waals surface area contributed by atoms with Crippen molar-refractivity contribution in [3.63, 3.8) is 0 Å². The predicted molar refractivity (Wildman–Crippen MR) is 87.6 cm³/mol. The van der Waals surface area contributed by atoms with Crippen LogP contribution in [0, 0.1) is 6.92 Å². The zero-order valence-corrected chi connectivity index (χ0v) is 13.6. The molecule has 4 heteroatoms. The number of hydrogen-bond acceptors (Lipinski definition) is 4. The SMILES string of the molecule is Cc1cccc([C@H](CN2CCN(CCO)CC2)N(C)C)c1. The van der Waals surface area contributed by atoms with E-state index in [1.54, 1.807) is 0 Å². The fourth-order valence-corrected chi connectivity index (χ4v) is 3.03. The summed E-state index contributed by atoms with van der Waals surface area (Å²) in [5, 5.41) is 9.02. The first-order chi connectivity index (χ1) is 10.1. The van der Waals surface area contributed by atoms with Crippen LogP contribution in [0.2, 0.25) is 0 Å². The molecule has 0 amide bonds. The number of β-amino-alcohol motifs (C(OH)–C–C–N with tert-alkyl or cyclic N) is 1. The Bertz CT molecular complexity index is 428. The second-order valence-electron chi connectivity index (χ2n) is 6.26. The average molecular weight is 291 g/mol. The Kier molecular flexibility index (Phi) is 6.18. The van der Waals surface area contributed by atoms with Crippen molar-refractivity contribution in [2.24, 2.45) is 0 Å². The minimum Gasteiger partial charge on any atom is -0.395 e. The highest BCUT2D eigenvalue weighted by atomic mass is 16.3. The van der Waals surface area contributed by atoms with E-state index in [4.69, 9.17) is 5.11 Å². The molecule has 21 heavy (non-hydrogen) atoms. The third kappa shape index (κ3) is 4.78. The van der Waals surface area contributed by atoms with Gasteiger partial charge in [0.05, 0.1) is 6.61 Å². The highest BCUT2D eigenvalue weighted by Gasteiger charge is 2.22. The molecule has 0 aliphatic carbocycles. The molecule has 1 atom stereocenters. The van der Waals surface area contributed by atoms with Crippen LogP contribution < -0.4 is 0 Å². The van der Waals surface area contributed by atoms with E-state index in [0.29, 0.717) is 6.04 Å². The molecule has 1 N–H and O–H groups in total. The summed E-state index contributed by atoms with van der Waals surface area (Å²) in [6.45, 7) is 8.62. The summed E-state index contributed by atoms with van der Waals surface area (Å²) in [7, 11) is 4.32. The molecule has 1 saturated heterocycles. The zero-order chi connectivity index (χ0) is 15.2. The van der Waals surface area contributed by atoms with Crippen LogP contribution in [-0.4, -0.2) is 79.8 Å². The molecule has 0 spiro atoms. The van der Waals surface area contributed by atoms with E-state index in [1.807, 2.05) is 0 Å². The van der Waals surface area contributed by atoms with Crippen LogP contribution in [-0.2, 0) is 0 Å². The van der Waals surface area contributed by atoms with Crippen LogP contribution in [0.1, 0.15) is 17.2 Å². The highest BCUT2D eigenvalue weighted by molar-refractivity contribution is 5.25. The van der Waals surface area contributed by atoms with Gasteiger partial charge >= 0.3 is 0 Å². The monoisotopic (exact) mass is 291 g/mol. The molecule has 1 fully saturated rings. The van der Waals surface area contributed by atoms with E-state index in [-0.39, 0.29) is 6.61 Å². The van der Waals surface area contributed by atoms with Crippen molar-refractivity contribution in [3.05, 3.63) is 35.4 Å². The van der Waals surface area contributed by atoms with E-state index in [9.17, 15) is 0 Å². The lowest BCUT2D eigenvalue weighted by atomic mass is 10.0. The molecular weight excluding hydrogens is 262 g/mol. The maximum Gasteiger partial charge on any atom is 0.0558 e. The van der Waals surface area contributed by atoms with Crippen LogP contribution >= 0.6 is 0 Å². The Hall–Kier alpha value is -0.940. The Labute approximate surface area is 129 Å². The molecule has 1 aliphatic heterocycles. The maximum atomic E-state index is 9.02. The van der Waals surface area contributed by atoms with Crippen LogP contribution in [0.15, 0.2) is 24.3 Å². The fraction of sp³-hybridized carbons (Fsp3) is 0.647. The van der Waals surface area contributed by atoms with Crippen LogP contribution in [0.25, 0.3) is 0 Å².